The van der Waals surface area contributed by atoms with Gasteiger partial charge in [-0.3, -0.25) is 9.78 Å². The molecule has 0 amide bonds. The van der Waals surface area contributed by atoms with Crippen molar-refractivity contribution in [1.82, 2.24) is 4.98 Å². The molecular weight excluding hydrogens is 254 g/mol. The van der Waals surface area contributed by atoms with Gasteiger partial charge in [0.25, 0.3) is 0 Å². The van der Waals surface area contributed by atoms with Crippen molar-refractivity contribution in [3.8, 4) is 0 Å². The molecule has 0 N–H and O–H groups in total. The molecule has 0 aliphatic heterocycles. The molecule has 1 atom stereocenters. The van der Waals surface area contributed by atoms with Crippen LogP contribution in [0.3, 0.4) is 0 Å². The molecular formula is C16H21NOS. The molecule has 2 aliphatic carbocycles. The Labute approximate surface area is 119 Å². The molecule has 0 aromatic carbocycles. The summed E-state index contributed by atoms with van der Waals surface area (Å²) in [7, 11) is 0. The average Bonchev–Trinajstić information content (AvgIpc) is 2.97. The minimum absolute atomic E-state index is 0.0684. The molecule has 1 aromatic heterocycles. The first-order chi connectivity index (χ1) is 9.34. The van der Waals surface area contributed by atoms with Crippen molar-refractivity contribution in [2.45, 2.75) is 56.1 Å². The van der Waals surface area contributed by atoms with Crippen molar-refractivity contribution in [2.75, 3.05) is 5.75 Å². The van der Waals surface area contributed by atoms with Gasteiger partial charge in [-0.05, 0) is 43.7 Å². The van der Waals surface area contributed by atoms with Crippen LogP contribution in [0.1, 0.15) is 55.7 Å². The van der Waals surface area contributed by atoms with Gasteiger partial charge in [-0.1, -0.05) is 18.9 Å². The quantitative estimate of drug-likeness (QED) is 0.838. The number of carbonyl (C=O) groups excluding carboxylic acids is 1. The highest BCUT2D eigenvalue weighted by Crippen LogP contribution is 2.34. The van der Waals surface area contributed by atoms with Crippen LogP contribution in [0.5, 0.6) is 0 Å². The third-order valence-electron chi connectivity index (χ3n) is 4.35. The molecule has 1 heterocycles. The largest absolute Gasteiger partial charge is 0.298 e. The standard InChI is InChI=1S/C16H21NOS/c18-15(11-19-13-7-1-2-8-13)14-9-3-5-12-6-4-10-17-16(12)14/h4,6,10,13-14H,1-3,5,7-9,11H2. The summed E-state index contributed by atoms with van der Waals surface area (Å²) in [5, 5.41) is 0.732. The molecule has 3 rings (SSSR count). The van der Waals surface area contributed by atoms with Crippen LogP contribution in [0.4, 0.5) is 0 Å². The third kappa shape index (κ3) is 3.02. The fourth-order valence-corrected chi connectivity index (χ4v) is 4.55. The van der Waals surface area contributed by atoms with Gasteiger partial charge in [-0.15, -0.1) is 0 Å². The van der Waals surface area contributed by atoms with Crippen LogP contribution in [0.15, 0.2) is 18.3 Å². The van der Waals surface area contributed by atoms with E-state index >= 15 is 0 Å². The number of hydrogen-bond donors (Lipinski definition) is 0. The normalized spacial score (nSPS) is 23.3. The van der Waals surface area contributed by atoms with E-state index in [2.05, 4.69) is 11.1 Å². The zero-order chi connectivity index (χ0) is 13.1. The lowest BCUT2D eigenvalue weighted by Crippen LogP contribution is -2.22. The van der Waals surface area contributed by atoms with Gasteiger partial charge in [-0.2, -0.15) is 11.8 Å². The smallest absolute Gasteiger partial charge is 0.151 e. The van der Waals surface area contributed by atoms with Crippen LogP contribution in [0.2, 0.25) is 0 Å². The van der Waals surface area contributed by atoms with Gasteiger partial charge in [0.15, 0.2) is 5.78 Å². The van der Waals surface area contributed by atoms with E-state index in [1.807, 2.05) is 24.0 Å². The zero-order valence-corrected chi connectivity index (χ0v) is 12.1. The molecule has 0 radical (unpaired) electrons. The number of hydrogen-bond acceptors (Lipinski definition) is 3. The number of rotatable bonds is 4. The van der Waals surface area contributed by atoms with E-state index in [0.717, 1.165) is 30.2 Å². The Bertz CT molecular complexity index is 454. The topological polar surface area (TPSA) is 30.0 Å². The Hall–Kier alpha value is -0.830. The molecule has 0 bridgehead atoms. The number of aromatic nitrogens is 1. The number of pyridine rings is 1. The highest BCUT2D eigenvalue weighted by molar-refractivity contribution is 8.00. The molecule has 0 saturated heterocycles. The highest BCUT2D eigenvalue weighted by Gasteiger charge is 2.28. The minimum Gasteiger partial charge on any atom is -0.298 e. The van der Waals surface area contributed by atoms with Crippen LogP contribution in [-0.4, -0.2) is 21.8 Å². The Morgan fingerprint density at radius 1 is 1.26 bits per heavy atom. The van der Waals surface area contributed by atoms with Gasteiger partial charge in [-0.25, -0.2) is 0 Å². The number of aryl methyl sites for hydroxylation is 1. The molecule has 2 nitrogen and oxygen atoms in total. The number of ketones is 1. The van der Waals surface area contributed by atoms with E-state index in [4.69, 9.17) is 0 Å². The molecule has 1 fully saturated rings. The van der Waals surface area contributed by atoms with Crippen molar-refractivity contribution < 1.29 is 4.79 Å². The fourth-order valence-electron chi connectivity index (χ4n) is 3.28. The van der Waals surface area contributed by atoms with Crippen LogP contribution in [0.25, 0.3) is 0 Å². The Morgan fingerprint density at radius 2 is 2.11 bits per heavy atom. The van der Waals surface area contributed by atoms with Crippen molar-refractivity contribution >= 4 is 17.5 Å². The Balaban J connectivity index is 1.64. The fraction of sp³-hybridized carbons (Fsp3) is 0.625. The lowest BCUT2D eigenvalue weighted by molar-refractivity contribution is -0.118. The second kappa shape index (κ2) is 6.08. The first-order valence-corrected chi connectivity index (χ1v) is 8.47. The summed E-state index contributed by atoms with van der Waals surface area (Å²) in [5.74, 6) is 1.15. The summed E-state index contributed by atoms with van der Waals surface area (Å²) in [6, 6.07) is 4.12. The van der Waals surface area contributed by atoms with E-state index in [-0.39, 0.29) is 5.92 Å². The summed E-state index contributed by atoms with van der Waals surface area (Å²) in [4.78, 5) is 16.9. The molecule has 0 spiro atoms. The van der Waals surface area contributed by atoms with E-state index in [1.54, 1.807) is 0 Å². The van der Waals surface area contributed by atoms with E-state index in [1.165, 1.54) is 31.2 Å². The maximum Gasteiger partial charge on any atom is 0.151 e. The van der Waals surface area contributed by atoms with Crippen molar-refractivity contribution in [3.05, 3.63) is 29.6 Å². The van der Waals surface area contributed by atoms with Gasteiger partial charge >= 0.3 is 0 Å². The van der Waals surface area contributed by atoms with Gasteiger partial charge in [0.05, 0.1) is 17.4 Å². The van der Waals surface area contributed by atoms with Crippen LogP contribution >= 0.6 is 11.8 Å². The number of carbonyl (C=O) groups is 1. The lowest BCUT2D eigenvalue weighted by atomic mass is 9.84. The first-order valence-electron chi connectivity index (χ1n) is 7.42. The third-order valence-corrected chi connectivity index (χ3v) is 5.74. The summed E-state index contributed by atoms with van der Waals surface area (Å²) in [5.41, 5.74) is 2.35. The SMILES string of the molecule is O=C(CSC1CCCC1)C1CCCc2cccnc21. The molecule has 1 aromatic rings. The predicted molar refractivity (Wildman–Crippen MR) is 79.6 cm³/mol. The summed E-state index contributed by atoms with van der Waals surface area (Å²) < 4.78 is 0. The van der Waals surface area contributed by atoms with Crippen molar-refractivity contribution in [2.24, 2.45) is 0 Å². The van der Waals surface area contributed by atoms with E-state index in [0.29, 0.717) is 11.5 Å². The molecule has 19 heavy (non-hydrogen) atoms. The Morgan fingerprint density at radius 3 is 2.95 bits per heavy atom. The highest BCUT2D eigenvalue weighted by atomic mass is 32.2. The molecule has 102 valence electrons. The maximum absolute atomic E-state index is 12.5. The number of fused-ring (bicyclic) bond motifs is 1. The zero-order valence-electron chi connectivity index (χ0n) is 11.3. The average molecular weight is 275 g/mol. The van der Waals surface area contributed by atoms with Gasteiger partial charge in [0.2, 0.25) is 0 Å². The van der Waals surface area contributed by atoms with Gasteiger partial charge < -0.3 is 0 Å². The second-order valence-corrected chi connectivity index (χ2v) is 6.97. The molecule has 1 saturated carbocycles. The summed E-state index contributed by atoms with van der Waals surface area (Å²) >= 11 is 1.88. The van der Waals surface area contributed by atoms with Crippen molar-refractivity contribution in [3.63, 3.8) is 0 Å². The summed E-state index contributed by atoms with van der Waals surface area (Å²) in [6.07, 6.45) is 10.3. The van der Waals surface area contributed by atoms with E-state index < -0.39 is 0 Å². The molecule has 2 aliphatic rings. The van der Waals surface area contributed by atoms with Gasteiger partial charge in [0, 0.05) is 11.4 Å². The number of Topliss-reactive ketones (excluding diaryl/α,β-unsaturated/α-hetero) is 1. The lowest BCUT2D eigenvalue weighted by Gasteiger charge is -2.23. The van der Waals surface area contributed by atoms with Gasteiger partial charge in [0.1, 0.15) is 0 Å². The molecule has 1 unspecified atom stereocenters. The van der Waals surface area contributed by atoms with Crippen LogP contribution in [0, 0.1) is 0 Å². The predicted octanol–water partition coefficient (Wildman–Crippen LogP) is 3.75. The van der Waals surface area contributed by atoms with E-state index in [9.17, 15) is 4.79 Å². The summed E-state index contributed by atoms with van der Waals surface area (Å²) in [6.45, 7) is 0. The number of thioether (sulfide) groups is 1. The first kappa shape index (κ1) is 13.2. The molecule has 3 heteroatoms. The maximum atomic E-state index is 12.5. The second-order valence-electron chi connectivity index (χ2n) is 5.68. The van der Waals surface area contributed by atoms with Crippen LogP contribution in [-0.2, 0) is 11.2 Å². The Kier molecular flexibility index (Phi) is 4.21. The number of nitrogens with zero attached hydrogens (tertiary/aromatic N) is 1. The minimum atomic E-state index is 0.0684. The van der Waals surface area contributed by atoms with Crippen molar-refractivity contribution in [1.29, 1.82) is 0 Å². The van der Waals surface area contributed by atoms with Crippen LogP contribution < -0.4 is 0 Å². The monoisotopic (exact) mass is 275 g/mol.